The van der Waals surface area contributed by atoms with Crippen molar-refractivity contribution in [2.24, 2.45) is 0 Å². The zero-order valence-corrected chi connectivity index (χ0v) is 49.1. The Morgan fingerprint density at radius 3 is 1.25 bits per heavy atom. The molecular formula is C67H92BNO6. The molecule has 75 heavy (non-hydrogen) atoms. The number of rotatable bonds is 20. The Labute approximate surface area is 453 Å². The number of aliphatic hydroxyl groups is 2. The first-order chi connectivity index (χ1) is 35.4. The van der Waals surface area contributed by atoms with Gasteiger partial charge in [0.1, 0.15) is 0 Å². The zero-order valence-electron chi connectivity index (χ0n) is 49.1. The van der Waals surface area contributed by atoms with Crippen molar-refractivity contribution >= 4 is 30.9 Å². The summed E-state index contributed by atoms with van der Waals surface area (Å²) < 4.78 is 12.7. The van der Waals surface area contributed by atoms with Gasteiger partial charge in [-0.2, -0.15) is 9.59 Å². The van der Waals surface area contributed by atoms with Crippen LogP contribution in [0.25, 0.3) is 23.4 Å². The number of hydrogen-bond acceptors (Lipinski definition) is 7. The standard InChI is InChI=1S/C34H45NO.C32H47BO3.CO2/c1-8-13-27-14-19-32(35-24-27)31-18-17-30(23-26(31)7)34(11-4,12-5)29-16-15-28(25(6)22-29)20-21-33(36,9-2)10-3;1-11-31(34,12-2)20-19-25-15-16-26(21-23(25)5)32(13-3,14-4)27-17-18-28(24(6)22-27)33-35-29(7,8)30(9,10)36-33;2-1-3/h14-24,36H,8-13H2,1-7H3;15-22,34H,11-14H2,1-10H3;/b21-20+;20-19+;. The molecular weight excluding hydrogens is 926 g/mol. The van der Waals surface area contributed by atoms with Gasteiger partial charge in [-0.25, -0.2) is 0 Å². The predicted molar refractivity (Wildman–Crippen MR) is 315 cm³/mol. The van der Waals surface area contributed by atoms with Crippen molar-refractivity contribution in [2.75, 3.05) is 0 Å². The quantitative estimate of drug-likeness (QED) is 0.0748. The largest absolute Gasteiger partial charge is 0.495 e. The highest BCUT2D eigenvalue weighted by atomic mass is 16.7. The summed E-state index contributed by atoms with van der Waals surface area (Å²) >= 11 is 0. The van der Waals surface area contributed by atoms with Crippen molar-refractivity contribution in [2.45, 2.75) is 215 Å². The van der Waals surface area contributed by atoms with Crippen LogP contribution in [-0.4, -0.2) is 50.9 Å². The molecule has 1 aromatic heterocycles. The second-order valence-electron chi connectivity index (χ2n) is 22.1. The monoisotopic (exact) mass is 1020 g/mol. The average molecular weight is 1020 g/mol. The normalized spacial score (nSPS) is 14.6. The van der Waals surface area contributed by atoms with Crippen molar-refractivity contribution in [3.8, 4) is 11.3 Å². The van der Waals surface area contributed by atoms with E-state index in [0.29, 0.717) is 12.8 Å². The molecule has 8 heteroatoms. The molecule has 0 spiro atoms. The van der Waals surface area contributed by atoms with E-state index in [1.54, 1.807) is 0 Å². The van der Waals surface area contributed by atoms with Crippen molar-refractivity contribution in [1.29, 1.82) is 0 Å². The third kappa shape index (κ3) is 14.2. The first-order valence-corrected chi connectivity index (χ1v) is 28.0. The van der Waals surface area contributed by atoms with Crippen LogP contribution in [0.15, 0.2) is 103 Å². The second-order valence-corrected chi connectivity index (χ2v) is 22.1. The molecule has 0 atom stereocenters. The molecule has 4 aromatic carbocycles. The first-order valence-electron chi connectivity index (χ1n) is 28.0. The molecule has 0 radical (unpaired) electrons. The molecule has 0 unspecified atom stereocenters. The second kappa shape index (κ2) is 26.7. The van der Waals surface area contributed by atoms with E-state index >= 15 is 0 Å². The summed E-state index contributed by atoms with van der Waals surface area (Å²) in [6.07, 6.45) is 19.5. The van der Waals surface area contributed by atoms with E-state index in [9.17, 15) is 10.2 Å². The van der Waals surface area contributed by atoms with Crippen molar-refractivity contribution < 1.29 is 29.1 Å². The van der Waals surface area contributed by atoms with Crippen molar-refractivity contribution in [3.05, 3.63) is 164 Å². The number of aryl methyl sites for hydroxylation is 5. The van der Waals surface area contributed by atoms with E-state index in [1.807, 2.05) is 46.0 Å². The van der Waals surface area contributed by atoms with E-state index in [-0.39, 0.29) is 35.3 Å². The van der Waals surface area contributed by atoms with Crippen molar-refractivity contribution in [1.82, 2.24) is 4.98 Å². The predicted octanol–water partition coefficient (Wildman–Crippen LogP) is 15.7. The summed E-state index contributed by atoms with van der Waals surface area (Å²) in [4.78, 5) is 21.0. The van der Waals surface area contributed by atoms with Gasteiger partial charge in [-0.3, -0.25) is 4.98 Å². The summed E-state index contributed by atoms with van der Waals surface area (Å²) in [5, 5.41) is 21.3. The lowest BCUT2D eigenvalue weighted by atomic mass is 9.68. The summed E-state index contributed by atoms with van der Waals surface area (Å²) in [5.74, 6) is 0. The lowest BCUT2D eigenvalue weighted by Crippen LogP contribution is -2.41. The van der Waals surface area contributed by atoms with Gasteiger partial charge in [0.15, 0.2) is 0 Å². The number of hydrogen-bond donors (Lipinski definition) is 2. The zero-order chi connectivity index (χ0) is 56.0. The third-order valence-electron chi connectivity index (χ3n) is 17.4. The molecule has 1 saturated heterocycles. The smallest absolute Gasteiger partial charge is 0.399 e. The molecule has 6 rings (SSSR count). The van der Waals surface area contributed by atoms with Crippen LogP contribution in [0.1, 0.15) is 209 Å². The minimum absolute atomic E-state index is 0.0394. The van der Waals surface area contributed by atoms with Gasteiger partial charge in [0.05, 0.1) is 28.1 Å². The van der Waals surface area contributed by atoms with Crippen LogP contribution in [-0.2, 0) is 36.1 Å². The maximum Gasteiger partial charge on any atom is 0.495 e. The maximum absolute atomic E-state index is 10.7. The fraction of sp³-hybridized carbons (Fsp3) is 0.493. The Kier molecular flexibility index (Phi) is 22.2. The Bertz CT molecular complexity index is 2710. The van der Waals surface area contributed by atoms with Crippen LogP contribution >= 0.6 is 0 Å². The summed E-state index contributed by atoms with van der Waals surface area (Å²) in [7, 11) is -0.347. The Morgan fingerprint density at radius 2 is 0.920 bits per heavy atom. The molecule has 0 bridgehead atoms. The highest BCUT2D eigenvalue weighted by Crippen LogP contribution is 2.43. The Balaban J connectivity index is 0.000000308. The minimum Gasteiger partial charge on any atom is -0.399 e. The number of nitrogens with zero attached hydrogens (tertiary/aromatic N) is 1. The fourth-order valence-electron chi connectivity index (χ4n) is 10.7. The van der Waals surface area contributed by atoms with E-state index < -0.39 is 11.2 Å². The first kappa shape index (κ1) is 62.3. The molecule has 1 aliphatic rings. The Morgan fingerprint density at radius 1 is 0.533 bits per heavy atom. The highest BCUT2D eigenvalue weighted by Gasteiger charge is 2.52. The molecule has 5 aromatic rings. The maximum atomic E-state index is 10.7. The Hall–Kier alpha value is -5.21. The molecule has 0 aliphatic carbocycles. The van der Waals surface area contributed by atoms with Crippen LogP contribution in [0.4, 0.5) is 0 Å². The molecule has 404 valence electrons. The summed E-state index contributed by atoms with van der Waals surface area (Å²) in [6, 6.07) is 31.8. The molecule has 2 heterocycles. The van der Waals surface area contributed by atoms with E-state index in [0.717, 1.165) is 68.1 Å². The molecule has 0 saturated carbocycles. The van der Waals surface area contributed by atoms with Gasteiger partial charge in [-0.1, -0.05) is 177 Å². The van der Waals surface area contributed by atoms with Gasteiger partial charge in [0.2, 0.25) is 0 Å². The lowest BCUT2D eigenvalue weighted by molar-refractivity contribution is -0.191. The van der Waals surface area contributed by atoms with Gasteiger partial charge in [-0.05, 0) is 180 Å². The molecule has 0 amide bonds. The van der Waals surface area contributed by atoms with Crippen LogP contribution < -0.4 is 5.46 Å². The van der Waals surface area contributed by atoms with Gasteiger partial charge in [-0.15, -0.1) is 0 Å². The number of carbonyl (C=O) groups excluding carboxylic acids is 2. The van der Waals surface area contributed by atoms with Crippen LogP contribution in [0, 0.1) is 27.7 Å². The van der Waals surface area contributed by atoms with Crippen molar-refractivity contribution in [3.63, 3.8) is 0 Å². The minimum atomic E-state index is -0.738. The average Bonchev–Trinajstić information content (AvgIpc) is 3.62. The van der Waals surface area contributed by atoms with Gasteiger partial charge in [0.25, 0.3) is 0 Å². The van der Waals surface area contributed by atoms with E-state index in [2.05, 4.69) is 187 Å². The van der Waals surface area contributed by atoms with Crippen LogP contribution in [0.3, 0.4) is 0 Å². The summed E-state index contributed by atoms with van der Waals surface area (Å²) in [5.41, 5.74) is 15.1. The van der Waals surface area contributed by atoms with Gasteiger partial charge in [0, 0.05) is 22.6 Å². The number of pyridine rings is 1. The fourth-order valence-corrected chi connectivity index (χ4v) is 10.7. The van der Waals surface area contributed by atoms with Gasteiger partial charge < -0.3 is 19.5 Å². The third-order valence-corrected chi connectivity index (χ3v) is 17.4. The number of aromatic nitrogens is 1. The molecule has 7 nitrogen and oxygen atoms in total. The van der Waals surface area contributed by atoms with E-state index in [4.69, 9.17) is 23.9 Å². The molecule has 1 aliphatic heterocycles. The highest BCUT2D eigenvalue weighted by molar-refractivity contribution is 6.62. The van der Waals surface area contributed by atoms with Gasteiger partial charge >= 0.3 is 13.3 Å². The van der Waals surface area contributed by atoms with Crippen LogP contribution in [0.5, 0.6) is 0 Å². The van der Waals surface area contributed by atoms with E-state index in [1.165, 1.54) is 61.2 Å². The lowest BCUT2D eigenvalue weighted by Gasteiger charge is -2.34. The van der Waals surface area contributed by atoms with Crippen LogP contribution in [0.2, 0.25) is 0 Å². The topological polar surface area (TPSA) is 106 Å². The summed E-state index contributed by atoms with van der Waals surface area (Å²) in [6.45, 7) is 36.6. The SMILES string of the molecule is CCC(O)(/C=C/c1ccc(C(CC)(CC)c2ccc(B3OC(C)(C)C(C)(C)O3)c(C)c2)cc1C)CC.CCCc1ccc(-c2ccc(C(CC)(CC)c3ccc(/C=C/C(O)(CC)CC)c(C)c3)cc2C)nc1.O=C=O. The number of benzene rings is 4. The molecule has 2 N–H and O–H groups in total. The molecule has 1 fully saturated rings.